The van der Waals surface area contributed by atoms with Crippen molar-refractivity contribution < 1.29 is 0 Å². The number of anilines is 1. The number of nitrogens with zero attached hydrogens (tertiary/aromatic N) is 3. The Labute approximate surface area is 106 Å². The molecule has 0 aliphatic rings. The summed E-state index contributed by atoms with van der Waals surface area (Å²) in [5.74, 6) is 1.10. The summed E-state index contributed by atoms with van der Waals surface area (Å²) in [5.41, 5.74) is 1.24. The van der Waals surface area contributed by atoms with Gasteiger partial charge in [-0.3, -0.25) is 4.40 Å². The summed E-state index contributed by atoms with van der Waals surface area (Å²) >= 11 is 1.68. The quantitative estimate of drug-likeness (QED) is 0.886. The molecule has 17 heavy (non-hydrogen) atoms. The van der Waals surface area contributed by atoms with E-state index in [2.05, 4.69) is 47.1 Å². The molecule has 2 rings (SSSR count). The van der Waals surface area contributed by atoms with Crippen LogP contribution in [0.2, 0.25) is 0 Å². The predicted molar refractivity (Wildman–Crippen MR) is 74.0 cm³/mol. The van der Waals surface area contributed by atoms with Crippen LogP contribution in [0.1, 0.15) is 26.0 Å². The number of hydrogen-bond acceptors (Lipinski definition) is 4. The van der Waals surface area contributed by atoms with E-state index in [0.29, 0.717) is 6.04 Å². The van der Waals surface area contributed by atoms with E-state index in [1.54, 1.807) is 11.3 Å². The minimum Gasteiger partial charge on any atom is -0.355 e. The maximum absolute atomic E-state index is 4.73. The lowest BCUT2D eigenvalue weighted by atomic mass is 10.2. The summed E-state index contributed by atoms with van der Waals surface area (Å²) in [7, 11) is 4.10. The Morgan fingerprint density at radius 2 is 2.35 bits per heavy atom. The van der Waals surface area contributed by atoms with Crippen molar-refractivity contribution in [1.82, 2.24) is 14.7 Å². The second-order valence-corrected chi connectivity index (χ2v) is 5.21. The average molecular weight is 252 g/mol. The summed E-state index contributed by atoms with van der Waals surface area (Å²) in [4.78, 5) is 8.07. The molecule has 0 aliphatic carbocycles. The van der Waals surface area contributed by atoms with Gasteiger partial charge in [0.1, 0.15) is 0 Å². The van der Waals surface area contributed by atoms with Crippen molar-refractivity contribution in [2.24, 2.45) is 0 Å². The zero-order chi connectivity index (χ0) is 12.4. The Morgan fingerprint density at radius 3 is 3.00 bits per heavy atom. The highest BCUT2D eigenvalue weighted by Gasteiger charge is 2.18. The third-order valence-electron chi connectivity index (χ3n) is 3.27. The third-order valence-corrected chi connectivity index (χ3v) is 4.03. The zero-order valence-corrected chi connectivity index (χ0v) is 11.7. The molecule has 5 heteroatoms. The number of rotatable bonds is 5. The van der Waals surface area contributed by atoms with Crippen molar-refractivity contribution in [2.75, 3.05) is 19.0 Å². The molecule has 0 aliphatic heterocycles. The van der Waals surface area contributed by atoms with E-state index in [1.165, 1.54) is 5.69 Å². The molecule has 0 saturated heterocycles. The van der Waals surface area contributed by atoms with Gasteiger partial charge in [0, 0.05) is 31.2 Å². The number of fused-ring (bicyclic) bond motifs is 1. The van der Waals surface area contributed by atoms with Crippen molar-refractivity contribution in [1.29, 1.82) is 0 Å². The fourth-order valence-electron chi connectivity index (χ4n) is 1.92. The molecule has 1 atom stereocenters. The Morgan fingerprint density at radius 1 is 1.59 bits per heavy atom. The smallest absolute Gasteiger partial charge is 0.195 e. The van der Waals surface area contributed by atoms with Crippen LogP contribution in [0.4, 0.5) is 5.82 Å². The summed E-state index contributed by atoms with van der Waals surface area (Å²) in [6.07, 6.45) is 3.22. The molecule has 0 radical (unpaired) electrons. The van der Waals surface area contributed by atoms with Crippen molar-refractivity contribution in [3.05, 3.63) is 17.3 Å². The highest BCUT2D eigenvalue weighted by Crippen LogP contribution is 2.25. The van der Waals surface area contributed by atoms with Crippen LogP contribution in [0.5, 0.6) is 0 Å². The fraction of sp³-hybridized carbons (Fsp3) is 0.583. The normalized spacial score (nSPS) is 13.2. The van der Waals surface area contributed by atoms with Crippen LogP contribution in [-0.2, 0) is 6.54 Å². The standard InChI is InChI=1S/C12H20N4S/c1-5-9(2)15(4)11-10(8-13-3)16-6-7-17-12(16)14-11/h6-7,9,13H,5,8H2,1-4H3. The maximum atomic E-state index is 4.73. The average Bonchev–Trinajstić information content (AvgIpc) is 2.90. The first-order valence-electron chi connectivity index (χ1n) is 6.00. The molecule has 0 bridgehead atoms. The number of nitrogens with one attached hydrogen (secondary N) is 1. The van der Waals surface area contributed by atoms with Gasteiger partial charge in [0.25, 0.3) is 0 Å². The van der Waals surface area contributed by atoms with Gasteiger partial charge < -0.3 is 10.2 Å². The van der Waals surface area contributed by atoms with Gasteiger partial charge in [-0.05, 0) is 20.4 Å². The van der Waals surface area contributed by atoms with Crippen molar-refractivity contribution >= 4 is 22.1 Å². The number of thiazole rings is 1. The molecule has 0 aromatic carbocycles. The van der Waals surface area contributed by atoms with Crippen LogP contribution < -0.4 is 10.2 Å². The van der Waals surface area contributed by atoms with E-state index in [1.807, 2.05) is 7.05 Å². The van der Waals surface area contributed by atoms with Crippen molar-refractivity contribution in [3.63, 3.8) is 0 Å². The second kappa shape index (κ2) is 5.06. The molecule has 0 amide bonds. The highest BCUT2D eigenvalue weighted by molar-refractivity contribution is 7.15. The van der Waals surface area contributed by atoms with Crippen LogP contribution in [0.3, 0.4) is 0 Å². The predicted octanol–water partition coefficient (Wildman–Crippen LogP) is 2.35. The van der Waals surface area contributed by atoms with E-state index < -0.39 is 0 Å². The molecule has 4 nitrogen and oxygen atoms in total. The third kappa shape index (κ3) is 2.17. The first-order valence-corrected chi connectivity index (χ1v) is 6.88. The van der Waals surface area contributed by atoms with Crippen LogP contribution in [0.15, 0.2) is 11.6 Å². The Balaban J connectivity index is 2.44. The van der Waals surface area contributed by atoms with E-state index in [-0.39, 0.29) is 0 Å². The van der Waals surface area contributed by atoms with Gasteiger partial charge in [-0.2, -0.15) is 0 Å². The van der Waals surface area contributed by atoms with E-state index in [9.17, 15) is 0 Å². The second-order valence-electron chi connectivity index (χ2n) is 4.34. The highest BCUT2D eigenvalue weighted by atomic mass is 32.1. The molecule has 0 saturated carbocycles. The summed E-state index contributed by atoms with van der Waals surface area (Å²) in [6, 6.07) is 0.509. The maximum Gasteiger partial charge on any atom is 0.195 e. The number of aromatic nitrogens is 2. The molecule has 94 valence electrons. The van der Waals surface area contributed by atoms with Crippen molar-refractivity contribution in [3.8, 4) is 0 Å². The van der Waals surface area contributed by atoms with E-state index in [0.717, 1.165) is 23.7 Å². The summed E-state index contributed by atoms with van der Waals surface area (Å²) in [5, 5.41) is 5.30. The molecule has 2 aromatic rings. The van der Waals surface area contributed by atoms with Crippen LogP contribution in [0.25, 0.3) is 4.96 Å². The molecular formula is C12H20N4S. The lowest BCUT2D eigenvalue weighted by molar-refractivity contribution is 0.651. The minimum atomic E-state index is 0.509. The lowest BCUT2D eigenvalue weighted by Gasteiger charge is -2.24. The fourth-order valence-corrected chi connectivity index (χ4v) is 2.65. The first-order chi connectivity index (χ1) is 8.19. The van der Waals surface area contributed by atoms with E-state index in [4.69, 9.17) is 4.98 Å². The SMILES string of the molecule is CCC(C)N(C)c1nc2sccn2c1CNC. The van der Waals surface area contributed by atoms with Crippen LogP contribution in [0, 0.1) is 0 Å². The van der Waals surface area contributed by atoms with Gasteiger partial charge in [-0.25, -0.2) is 4.98 Å². The summed E-state index contributed by atoms with van der Waals surface area (Å²) < 4.78 is 2.18. The number of imidazole rings is 1. The lowest BCUT2D eigenvalue weighted by Crippen LogP contribution is -2.29. The van der Waals surface area contributed by atoms with E-state index >= 15 is 0 Å². The van der Waals surface area contributed by atoms with Gasteiger partial charge in [0.2, 0.25) is 0 Å². The minimum absolute atomic E-state index is 0.509. The Bertz CT molecular complexity index is 488. The van der Waals surface area contributed by atoms with Gasteiger partial charge in [-0.1, -0.05) is 6.92 Å². The Kier molecular flexibility index (Phi) is 3.69. The van der Waals surface area contributed by atoms with Crippen molar-refractivity contribution in [2.45, 2.75) is 32.9 Å². The number of hydrogen-bond donors (Lipinski definition) is 1. The largest absolute Gasteiger partial charge is 0.355 e. The zero-order valence-electron chi connectivity index (χ0n) is 10.9. The van der Waals surface area contributed by atoms with Crippen LogP contribution in [-0.4, -0.2) is 29.5 Å². The monoisotopic (exact) mass is 252 g/mol. The molecule has 0 fully saturated rings. The van der Waals surface area contributed by atoms with Gasteiger partial charge >= 0.3 is 0 Å². The Hall–Kier alpha value is -1.07. The van der Waals surface area contributed by atoms with Gasteiger partial charge in [0.15, 0.2) is 10.8 Å². The molecule has 2 heterocycles. The van der Waals surface area contributed by atoms with Gasteiger partial charge in [0.05, 0.1) is 5.69 Å². The topological polar surface area (TPSA) is 32.6 Å². The summed E-state index contributed by atoms with van der Waals surface area (Å²) in [6.45, 7) is 5.28. The molecule has 0 spiro atoms. The molecular weight excluding hydrogens is 232 g/mol. The molecule has 2 aromatic heterocycles. The first kappa shape index (κ1) is 12.4. The molecule has 1 unspecified atom stereocenters. The molecule has 1 N–H and O–H groups in total. The van der Waals surface area contributed by atoms with Crippen LogP contribution >= 0.6 is 11.3 Å². The van der Waals surface area contributed by atoms with Gasteiger partial charge in [-0.15, -0.1) is 11.3 Å².